The first kappa shape index (κ1) is 20.9. The van der Waals surface area contributed by atoms with Crippen molar-refractivity contribution in [2.24, 2.45) is 5.92 Å². The van der Waals surface area contributed by atoms with E-state index in [2.05, 4.69) is 10.0 Å². The van der Waals surface area contributed by atoms with Crippen LogP contribution in [0.4, 0.5) is 4.39 Å². The van der Waals surface area contributed by atoms with Gasteiger partial charge in [0.25, 0.3) is 0 Å². The number of sulfonamides is 1. The molecule has 0 saturated carbocycles. The molecule has 0 spiro atoms. The van der Waals surface area contributed by atoms with Gasteiger partial charge in [-0.25, -0.2) is 12.8 Å². The Morgan fingerprint density at radius 3 is 2.37 bits per heavy atom. The molecule has 0 aliphatic carbocycles. The normalized spacial score (nSPS) is 12.6. The zero-order chi connectivity index (χ0) is 20.0. The number of carbonyl (C=O) groups is 1. The lowest BCUT2D eigenvalue weighted by Crippen LogP contribution is -2.49. The number of methoxy groups -OCH3 is 1. The van der Waals surface area contributed by atoms with Gasteiger partial charge in [-0.15, -0.1) is 0 Å². The third-order valence-electron chi connectivity index (χ3n) is 4.00. The fourth-order valence-corrected chi connectivity index (χ4v) is 3.95. The molecule has 6 nitrogen and oxygen atoms in total. The zero-order valence-corrected chi connectivity index (χ0v) is 16.2. The Bertz CT molecular complexity index is 900. The molecule has 146 valence electrons. The fourth-order valence-electron chi connectivity index (χ4n) is 2.53. The average molecular weight is 394 g/mol. The molecule has 0 aliphatic rings. The van der Waals surface area contributed by atoms with Gasteiger partial charge in [0, 0.05) is 12.1 Å². The summed E-state index contributed by atoms with van der Waals surface area (Å²) in [5.74, 6) is -1.10. The topological polar surface area (TPSA) is 84.5 Å². The van der Waals surface area contributed by atoms with Crippen molar-refractivity contribution in [3.8, 4) is 5.75 Å². The van der Waals surface area contributed by atoms with E-state index < -0.39 is 32.7 Å². The second kappa shape index (κ2) is 8.96. The van der Waals surface area contributed by atoms with Crippen LogP contribution in [0.15, 0.2) is 53.4 Å². The summed E-state index contributed by atoms with van der Waals surface area (Å²) in [4.78, 5) is 12.1. The lowest BCUT2D eigenvalue weighted by molar-refractivity contribution is -0.123. The Kier molecular flexibility index (Phi) is 6.92. The maximum absolute atomic E-state index is 13.9. The Balaban J connectivity index is 2.15. The van der Waals surface area contributed by atoms with Crippen molar-refractivity contribution in [2.45, 2.75) is 31.3 Å². The molecule has 0 aromatic heterocycles. The number of nitrogens with one attached hydrogen (secondary N) is 2. The maximum atomic E-state index is 13.9. The van der Waals surface area contributed by atoms with Crippen LogP contribution in [-0.4, -0.2) is 27.5 Å². The molecule has 0 fully saturated rings. The molecule has 0 bridgehead atoms. The van der Waals surface area contributed by atoms with Crippen molar-refractivity contribution >= 4 is 15.9 Å². The molecule has 1 amide bonds. The minimum Gasteiger partial charge on any atom is -0.496 e. The van der Waals surface area contributed by atoms with Crippen molar-refractivity contribution in [1.82, 2.24) is 10.0 Å². The van der Waals surface area contributed by atoms with Gasteiger partial charge in [-0.2, -0.15) is 4.72 Å². The van der Waals surface area contributed by atoms with E-state index in [1.807, 2.05) is 12.1 Å². The van der Waals surface area contributed by atoms with Gasteiger partial charge in [0.2, 0.25) is 15.9 Å². The predicted octanol–water partition coefficient (Wildman–Crippen LogP) is 2.45. The highest BCUT2D eigenvalue weighted by Gasteiger charge is 2.29. The first-order chi connectivity index (χ1) is 12.8. The number of para-hydroxylation sites is 1. The van der Waals surface area contributed by atoms with E-state index in [1.165, 1.54) is 19.2 Å². The zero-order valence-electron chi connectivity index (χ0n) is 15.4. The van der Waals surface area contributed by atoms with Crippen LogP contribution in [0.5, 0.6) is 5.75 Å². The fraction of sp³-hybridized carbons (Fsp3) is 0.316. The molecule has 0 aliphatic heterocycles. The summed E-state index contributed by atoms with van der Waals surface area (Å²) in [6, 6.07) is 11.2. The lowest BCUT2D eigenvalue weighted by atomic mass is 10.0. The molecule has 1 atom stereocenters. The van der Waals surface area contributed by atoms with Gasteiger partial charge in [-0.3, -0.25) is 4.79 Å². The first-order valence-electron chi connectivity index (χ1n) is 8.42. The Labute approximate surface area is 158 Å². The van der Waals surface area contributed by atoms with E-state index in [0.717, 1.165) is 17.7 Å². The largest absolute Gasteiger partial charge is 0.496 e. The van der Waals surface area contributed by atoms with Gasteiger partial charge in [0.1, 0.15) is 22.5 Å². The van der Waals surface area contributed by atoms with Crippen LogP contribution in [0.1, 0.15) is 19.4 Å². The average Bonchev–Trinajstić information content (AvgIpc) is 2.64. The van der Waals surface area contributed by atoms with Gasteiger partial charge < -0.3 is 10.1 Å². The number of hydrogen-bond donors (Lipinski definition) is 2. The number of amides is 1. The molecule has 0 radical (unpaired) electrons. The van der Waals surface area contributed by atoms with E-state index >= 15 is 0 Å². The van der Waals surface area contributed by atoms with Crippen LogP contribution in [0, 0.1) is 11.7 Å². The summed E-state index contributed by atoms with van der Waals surface area (Å²) in [5.41, 5.74) is 0.757. The SMILES string of the molecule is COc1ccccc1CNC(=O)[C@@H](NS(=O)(=O)c1ccccc1F)C(C)C. The van der Waals surface area contributed by atoms with E-state index in [9.17, 15) is 17.6 Å². The number of carbonyl (C=O) groups excluding carboxylic acids is 1. The lowest BCUT2D eigenvalue weighted by Gasteiger charge is -2.22. The van der Waals surface area contributed by atoms with Crippen LogP contribution in [0.25, 0.3) is 0 Å². The Hall–Kier alpha value is -2.45. The summed E-state index contributed by atoms with van der Waals surface area (Å²) in [7, 11) is -2.66. The number of benzene rings is 2. The number of hydrogen-bond acceptors (Lipinski definition) is 4. The van der Waals surface area contributed by atoms with Gasteiger partial charge in [-0.05, 0) is 24.1 Å². The van der Waals surface area contributed by atoms with E-state index in [1.54, 1.807) is 26.0 Å². The number of rotatable bonds is 8. The molecular formula is C19H23FN2O4S. The summed E-state index contributed by atoms with van der Waals surface area (Å²) in [6.07, 6.45) is 0. The molecular weight excluding hydrogens is 371 g/mol. The van der Waals surface area contributed by atoms with E-state index in [-0.39, 0.29) is 12.5 Å². The van der Waals surface area contributed by atoms with Crippen molar-refractivity contribution in [3.05, 3.63) is 59.9 Å². The van der Waals surface area contributed by atoms with Crippen molar-refractivity contribution in [3.63, 3.8) is 0 Å². The molecule has 0 heterocycles. The summed E-state index contributed by atoms with van der Waals surface area (Å²) >= 11 is 0. The summed E-state index contributed by atoms with van der Waals surface area (Å²) in [5, 5.41) is 2.70. The highest BCUT2D eigenvalue weighted by atomic mass is 32.2. The monoisotopic (exact) mass is 394 g/mol. The molecule has 2 rings (SSSR count). The minimum atomic E-state index is -4.19. The van der Waals surface area contributed by atoms with Gasteiger partial charge in [0.15, 0.2) is 0 Å². The third-order valence-corrected chi connectivity index (χ3v) is 5.48. The van der Waals surface area contributed by atoms with Crippen molar-refractivity contribution in [1.29, 1.82) is 0 Å². The predicted molar refractivity (Wildman–Crippen MR) is 100 cm³/mol. The van der Waals surface area contributed by atoms with Gasteiger partial charge in [0.05, 0.1) is 7.11 Å². The van der Waals surface area contributed by atoms with Crippen LogP contribution in [0.2, 0.25) is 0 Å². The summed E-state index contributed by atoms with van der Waals surface area (Å²) < 4.78 is 46.4. The molecule has 0 saturated heterocycles. The second-order valence-electron chi connectivity index (χ2n) is 6.30. The second-order valence-corrected chi connectivity index (χ2v) is 7.99. The molecule has 2 aromatic rings. The quantitative estimate of drug-likeness (QED) is 0.720. The highest BCUT2D eigenvalue weighted by Crippen LogP contribution is 2.18. The molecule has 2 aromatic carbocycles. The van der Waals surface area contributed by atoms with Gasteiger partial charge >= 0.3 is 0 Å². The first-order valence-corrected chi connectivity index (χ1v) is 9.91. The smallest absolute Gasteiger partial charge is 0.244 e. The van der Waals surface area contributed by atoms with Crippen molar-refractivity contribution < 1.29 is 22.3 Å². The molecule has 2 N–H and O–H groups in total. The van der Waals surface area contributed by atoms with Crippen LogP contribution >= 0.6 is 0 Å². The van der Waals surface area contributed by atoms with E-state index in [0.29, 0.717) is 5.75 Å². The van der Waals surface area contributed by atoms with Gasteiger partial charge in [-0.1, -0.05) is 44.2 Å². The summed E-state index contributed by atoms with van der Waals surface area (Å²) in [6.45, 7) is 3.59. The Morgan fingerprint density at radius 2 is 1.74 bits per heavy atom. The standard InChI is InChI=1S/C19H23FN2O4S/c1-13(2)18(22-27(24,25)17-11-7-5-9-15(17)20)19(23)21-12-14-8-4-6-10-16(14)26-3/h4-11,13,18,22H,12H2,1-3H3,(H,21,23)/t18-/m0/s1. The highest BCUT2D eigenvalue weighted by molar-refractivity contribution is 7.89. The molecule has 0 unspecified atom stereocenters. The number of halogens is 1. The van der Waals surface area contributed by atoms with Crippen LogP contribution in [-0.2, 0) is 21.4 Å². The van der Waals surface area contributed by atoms with Crippen LogP contribution in [0.3, 0.4) is 0 Å². The number of ether oxygens (including phenoxy) is 1. The molecule has 27 heavy (non-hydrogen) atoms. The maximum Gasteiger partial charge on any atom is 0.244 e. The van der Waals surface area contributed by atoms with E-state index in [4.69, 9.17) is 4.74 Å². The third kappa shape index (κ3) is 5.27. The Morgan fingerprint density at radius 1 is 1.11 bits per heavy atom. The van der Waals surface area contributed by atoms with Crippen LogP contribution < -0.4 is 14.8 Å². The van der Waals surface area contributed by atoms with Crippen molar-refractivity contribution in [2.75, 3.05) is 7.11 Å². The minimum absolute atomic E-state index is 0.174. The molecule has 8 heteroatoms.